The summed E-state index contributed by atoms with van der Waals surface area (Å²) in [6.45, 7) is 5.80. The smallest absolute Gasteiger partial charge is 0.111 e. The Morgan fingerprint density at radius 3 is 2.68 bits per heavy atom. The van der Waals surface area contributed by atoms with Crippen molar-refractivity contribution in [3.05, 3.63) is 47.9 Å². The number of nitrogen functional groups attached to an aromatic ring is 1. The van der Waals surface area contributed by atoms with Gasteiger partial charge in [0.25, 0.3) is 0 Å². The topological polar surface area (TPSA) is 82.5 Å². The van der Waals surface area contributed by atoms with E-state index in [1.165, 1.54) is 0 Å². The second-order valence-electron chi connectivity index (χ2n) is 6.36. The first-order valence-electron chi connectivity index (χ1n) is 8.52. The van der Waals surface area contributed by atoms with Crippen LogP contribution in [0.5, 0.6) is 0 Å². The van der Waals surface area contributed by atoms with Crippen molar-refractivity contribution in [1.82, 2.24) is 0 Å². The van der Waals surface area contributed by atoms with Crippen LogP contribution >= 0.6 is 0 Å². The third-order valence-electron chi connectivity index (χ3n) is 4.41. The number of rotatable bonds is 9. The lowest BCUT2D eigenvalue weighted by atomic mass is 9.80. The Bertz CT molecular complexity index is 601. The molecule has 1 aromatic rings. The Morgan fingerprint density at radius 2 is 2.04 bits per heavy atom. The fourth-order valence-electron chi connectivity index (χ4n) is 2.99. The van der Waals surface area contributed by atoms with E-state index in [1.54, 1.807) is 19.2 Å². The molecule has 0 aromatic heterocycles. The summed E-state index contributed by atoms with van der Waals surface area (Å²) in [4.78, 5) is 0. The Balaban J connectivity index is 2.08. The molecule has 5 N–H and O–H groups in total. The summed E-state index contributed by atoms with van der Waals surface area (Å²) < 4.78 is 25.4. The highest BCUT2D eigenvalue weighted by Crippen LogP contribution is 2.38. The summed E-state index contributed by atoms with van der Waals surface area (Å²) in [6, 6.07) is 7.26. The predicted molar refractivity (Wildman–Crippen MR) is 99.7 cm³/mol. The Hall–Kier alpha value is -1.89. The summed E-state index contributed by atoms with van der Waals surface area (Å²) >= 11 is 0. The quantitative estimate of drug-likeness (QED) is 0.471. The number of ether oxygens (including phenoxy) is 2. The summed E-state index contributed by atoms with van der Waals surface area (Å²) in [6.07, 6.45) is 1.27. The second-order valence-corrected chi connectivity index (χ2v) is 6.36. The number of hydrogen-bond donors (Lipinski definition) is 3. The SMILES string of the molecule is C=C(Nc1ccc(N)cc1)C1=C(F)C(COCCOC)CC(CN)C1. The van der Waals surface area contributed by atoms with Crippen molar-refractivity contribution in [2.45, 2.75) is 12.8 Å². The maximum atomic E-state index is 15.0. The largest absolute Gasteiger partial charge is 0.399 e. The molecule has 0 saturated carbocycles. The van der Waals surface area contributed by atoms with Gasteiger partial charge in [-0.1, -0.05) is 6.58 Å². The van der Waals surface area contributed by atoms with E-state index in [-0.39, 0.29) is 17.7 Å². The van der Waals surface area contributed by atoms with Crippen LogP contribution in [0.25, 0.3) is 0 Å². The van der Waals surface area contributed by atoms with Gasteiger partial charge >= 0.3 is 0 Å². The zero-order valence-electron chi connectivity index (χ0n) is 14.8. The van der Waals surface area contributed by atoms with Gasteiger partial charge in [-0.3, -0.25) is 0 Å². The number of nitrogens with two attached hydrogens (primary N) is 2. The number of halogens is 1. The highest BCUT2D eigenvalue weighted by molar-refractivity contribution is 5.57. The summed E-state index contributed by atoms with van der Waals surface area (Å²) in [5.41, 5.74) is 14.2. The van der Waals surface area contributed by atoms with Crippen molar-refractivity contribution in [2.24, 2.45) is 17.6 Å². The van der Waals surface area contributed by atoms with E-state index in [1.807, 2.05) is 12.1 Å². The minimum absolute atomic E-state index is 0.157. The number of anilines is 2. The van der Waals surface area contributed by atoms with Crippen molar-refractivity contribution in [3.63, 3.8) is 0 Å². The van der Waals surface area contributed by atoms with Crippen LogP contribution in [0.4, 0.5) is 15.8 Å². The molecule has 5 nitrogen and oxygen atoms in total. The van der Waals surface area contributed by atoms with Crippen molar-refractivity contribution in [3.8, 4) is 0 Å². The van der Waals surface area contributed by atoms with Gasteiger partial charge in [-0.2, -0.15) is 0 Å². The molecule has 1 aliphatic rings. The number of hydrogen-bond acceptors (Lipinski definition) is 5. The summed E-state index contributed by atoms with van der Waals surface area (Å²) in [7, 11) is 1.61. The van der Waals surface area contributed by atoms with Gasteiger partial charge in [-0.15, -0.1) is 0 Å². The van der Waals surface area contributed by atoms with E-state index < -0.39 is 0 Å². The third-order valence-corrected chi connectivity index (χ3v) is 4.41. The molecule has 0 fully saturated rings. The minimum atomic E-state index is -0.292. The van der Waals surface area contributed by atoms with E-state index in [4.69, 9.17) is 20.9 Å². The molecule has 0 radical (unpaired) electrons. The zero-order chi connectivity index (χ0) is 18.2. The molecule has 0 amide bonds. The normalized spacial score (nSPS) is 20.6. The molecule has 1 aliphatic carbocycles. The Morgan fingerprint density at radius 1 is 1.32 bits per heavy atom. The van der Waals surface area contributed by atoms with Crippen LogP contribution < -0.4 is 16.8 Å². The fourth-order valence-corrected chi connectivity index (χ4v) is 2.99. The number of methoxy groups -OCH3 is 1. The Kier molecular flexibility index (Phi) is 7.43. The average Bonchev–Trinajstić information content (AvgIpc) is 2.61. The first kappa shape index (κ1) is 19.4. The van der Waals surface area contributed by atoms with E-state index in [0.29, 0.717) is 56.2 Å². The van der Waals surface area contributed by atoms with Gasteiger partial charge in [-0.25, -0.2) is 4.39 Å². The average molecular weight is 349 g/mol. The fraction of sp³-hybridized carbons (Fsp3) is 0.474. The van der Waals surface area contributed by atoms with Gasteiger partial charge < -0.3 is 26.3 Å². The van der Waals surface area contributed by atoms with Crippen LogP contribution in [0.3, 0.4) is 0 Å². The molecule has 1 aromatic carbocycles. The van der Waals surface area contributed by atoms with Crippen molar-refractivity contribution >= 4 is 11.4 Å². The first-order chi connectivity index (χ1) is 12.0. The molecular formula is C19H28FN3O2. The maximum absolute atomic E-state index is 15.0. The molecule has 0 heterocycles. The summed E-state index contributed by atoms with van der Waals surface area (Å²) in [5.74, 6) is -0.232. The van der Waals surface area contributed by atoms with Gasteiger partial charge in [0, 0.05) is 35.7 Å². The maximum Gasteiger partial charge on any atom is 0.111 e. The predicted octanol–water partition coefficient (Wildman–Crippen LogP) is 3.07. The molecule has 0 aliphatic heterocycles. The third kappa shape index (κ3) is 5.56. The number of benzene rings is 1. The molecular weight excluding hydrogens is 321 g/mol. The van der Waals surface area contributed by atoms with Crippen LogP contribution in [0, 0.1) is 11.8 Å². The summed E-state index contributed by atoms with van der Waals surface area (Å²) in [5, 5.41) is 3.16. The number of allylic oxidation sites excluding steroid dienone is 1. The van der Waals surface area contributed by atoms with Crippen LogP contribution in [-0.4, -0.2) is 33.5 Å². The van der Waals surface area contributed by atoms with Gasteiger partial charge in [0.2, 0.25) is 0 Å². The zero-order valence-corrected chi connectivity index (χ0v) is 14.8. The first-order valence-corrected chi connectivity index (χ1v) is 8.52. The van der Waals surface area contributed by atoms with Crippen molar-refractivity contribution in [2.75, 3.05) is 44.5 Å². The van der Waals surface area contributed by atoms with E-state index in [2.05, 4.69) is 11.9 Å². The van der Waals surface area contributed by atoms with Crippen LogP contribution in [0.15, 0.2) is 47.9 Å². The minimum Gasteiger partial charge on any atom is -0.399 e. The van der Waals surface area contributed by atoms with Gasteiger partial charge in [-0.05, 0) is 49.6 Å². The lowest BCUT2D eigenvalue weighted by Gasteiger charge is -2.30. The number of nitrogens with one attached hydrogen (secondary N) is 1. The lowest BCUT2D eigenvalue weighted by Crippen LogP contribution is -2.28. The molecule has 2 rings (SSSR count). The van der Waals surface area contributed by atoms with E-state index in [0.717, 1.165) is 5.69 Å². The van der Waals surface area contributed by atoms with Crippen LogP contribution in [0.1, 0.15) is 12.8 Å². The molecule has 6 heteroatoms. The van der Waals surface area contributed by atoms with Gasteiger partial charge in [0.15, 0.2) is 0 Å². The molecule has 25 heavy (non-hydrogen) atoms. The Labute approximate surface area is 148 Å². The van der Waals surface area contributed by atoms with Crippen molar-refractivity contribution < 1.29 is 13.9 Å². The van der Waals surface area contributed by atoms with Crippen molar-refractivity contribution in [1.29, 1.82) is 0 Å². The molecule has 0 spiro atoms. The van der Waals surface area contributed by atoms with Crippen LogP contribution in [0.2, 0.25) is 0 Å². The van der Waals surface area contributed by atoms with E-state index in [9.17, 15) is 4.39 Å². The van der Waals surface area contributed by atoms with Gasteiger partial charge in [0.05, 0.1) is 19.8 Å². The van der Waals surface area contributed by atoms with E-state index >= 15 is 0 Å². The highest BCUT2D eigenvalue weighted by atomic mass is 19.1. The standard InChI is InChI=1S/C19H28FN3O2/c1-13(23-17-5-3-16(22)4-6-17)18-10-14(11-21)9-15(19(18)20)12-25-8-7-24-2/h3-6,14-15,23H,1,7-12,21-22H2,2H3. The lowest BCUT2D eigenvalue weighted by molar-refractivity contribution is 0.0471. The second kappa shape index (κ2) is 9.56. The monoisotopic (exact) mass is 349 g/mol. The van der Waals surface area contributed by atoms with Gasteiger partial charge in [0.1, 0.15) is 5.83 Å². The van der Waals surface area contributed by atoms with Crippen LogP contribution in [-0.2, 0) is 9.47 Å². The molecule has 0 saturated heterocycles. The molecule has 2 unspecified atom stereocenters. The molecule has 2 atom stereocenters. The highest BCUT2D eigenvalue weighted by Gasteiger charge is 2.30. The molecule has 138 valence electrons. The molecule has 0 bridgehead atoms.